The topological polar surface area (TPSA) is 101 Å². The van der Waals surface area contributed by atoms with Gasteiger partial charge in [0.15, 0.2) is 15.1 Å². The summed E-state index contributed by atoms with van der Waals surface area (Å²) in [7, 11) is -3.49. The van der Waals surface area contributed by atoms with Crippen LogP contribution in [0.25, 0.3) is 0 Å². The molecule has 172 valence electrons. The quantitative estimate of drug-likeness (QED) is 0.519. The molecule has 6 radical (unpaired) electrons. The van der Waals surface area contributed by atoms with Crippen molar-refractivity contribution in [2.75, 3.05) is 7.11 Å². The summed E-state index contributed by atoms with van der Waals surface area (Å²) in [6, 6.07) is 7.26. The molecule has 1 aromatic carbocycles. The van der Waals surface area contributed by atoms with Crippen molar-refractivity contribution in [3.63, 3.8) is 0 Å². The van der Waals surface area contributed by atoms with E-state index < -0.39 is 28.2 Å². The van der Waals surface area contributed by atoms with Crippen LogP contribution in [0.1, 0.15) is 66.0 Å². The maximum Gasteiger partial charge on any atom is 0.448 e. The third-order valence-electron chi connectivity index (χ3n) is 2.94. The highest BCUT2D eigenvalue weighted by Crippen LogP contribution is 2.17. The highest BCUT2D eigenvalue weighted by molar-refractivity contribution is 7.92. The second-order valence-corrected chi connectivity index (χ2v) is 7.41. The largest absolute Gasteiger partial charge is 0.468 e. The average molecular weight is 442 g/mol. The van der Waals surface area contributed by atoms with Gasteiger partial charge in [-0.05, 0) is 25.7 Å². The summed E-state index contributed by atoms with van der Waals surface area (Å²) in [5, 5.41) is 14.2. The van der Waals surface area contributed by atoms with Gasteiger partial charge in [0, 0.05) is 16.8 Å². The number of carbonyl (C=O) groups excluding carboxylic acids is 1. The molecule has 10 heteroatoms. The van der Waals surface area contributed by atoms with Gasteiger partial charge in [-0.15, -0.1) is 0 Å². The highest BCUT2D eigenvalue weighted by Gasteiger charge is 2.32. The van der Waals surface area contributed by atoms with E-state index in [-0.39, 0.29) is 30.0 Å². The van der Waals surface area contributed by atoms with Crippen LogP contribution >= 0.6 is 0 Å². The van der Waals surface area contributed by atoms with Crippen molar-refractivity contribution < 1.29 is 28.0 Å². The molecule has 6 nitrogen and oxygen atoms in total. The minimum absolute atomic E-state index is 0. The van der Waals surface area contributed by atoms with Crippen LogP contribution in [0.4, 0.5) is 0 Å². The fraction of sp³-hybridized carbons (Fsp3) is 0.650. The molecule has 0 aliphatic carbocycles. The summed E-state index contributed by atoms with van der Waals surface area (Å²) in [5.41, 5.74) is 1.76. The van der Waals surface area contributed by atoms with Crippen LogP contribution in [0.15, 0.2) is 24.3 Å². The number of ether oxygens (including phenoxy) is 1. The number of methoxy groups -OCH3 is 1. The Bertz CT molecular complexity index is 576. The lowest BCUT2D eigenvalue weighted by Gasteiger charge is -2.14. The summed E-state index contributed by atoms with van der Waals surface area (Å²) >= 11 is 0. The van der Waals surface area contributed by atoms with Crippen molar-refractivity contribution in [1.82, 2.24) is 0 Å². The molecular formula is C20H41B3O6S. The first-order valence-corrected chi connectivity index (χ1v) is 11.1. The standard InChI is InChI=1S/C14H20O4S.2C2H6.CH5BO2.CH4.2B/c1-4-5-13(14(15)18-3)19(16,17)10-12-8-6-11(2)7-9-12;2*1-2;1-2(3)4;;;/h6-9,13H,4-5,10H2,1-3H3;2*1-2H3;3-4H,1H3;1H4;;. The van der Waals surface area contributed by atoms with Gasteiger partial charge in [-0.2, -0.15) is 0 Å². The number of rotatable bonds is 6. The Morgan fingerprint density at radius 2 is 1.43 bits per heavy atom. The van der Waals surface area contributed by atoms with E-state index in [0.29, 0.717) is 18.4 Å². The lowest BCUT2D eigenvalue weighted by atomic mass is 9.99. The van der Waals surface area contributed by atoms with Crippen molar-refractivity contribution in [1.29, 1.82) is 0 Å². The number of hydrogen-bond acceptors (Lipinski definition) is 6. The molecule has 1 unspecified atom stereocenters. The number of hydrogen-bond donors (Lipinski definition) is 2. The fourth-order valence-corrected chi connectivity index (χ4v) is 3.70. The second-order valence-electron chi connectivity index (χ2n) is 5.23. The van der Waals surface area contributed by atoms with E-state index in [1.807, 2.05) is 53.7 Å². The van der Waals surface area contributed by atoms with E-state index in [9.17, 15) is 13.2 Å². The molecule has 30 heavy (non-hydrogen) atoms. The van der Waals surface area contributed by atoms with Gasteiger partial charge in [-0.3, -0.25) is 4.79 Å². The van der Waals surface area contributed by atoms with Gasteiger partial charge >= 0.3 is 13.1 Å². The van der Waals surface area contributed by atoms with Crippen LogP contribution in [-0.4, -0.2) is 60.7 Å². The van der Waals surface area contributed by atoms with E-state index >= 15 is 0 Å². The molecule has 1 rings (SSSR count). The minimum Gasteiger partial charge on any atom is -0.468 e. The van der Waals surface area contributed by atoms with E-state index in [2.05, 4.69) is 4.74 Å². The Balaban J connectivity index is -0.000000115. The predicted molar refractivity (Wildman–Crippen MR) is 132 cm³/mol. The average Bonchev–Trinajstić information content (AvgIpc) is 2.63. The SMILES string of the molecule is C.CB(O)O.CC.CC.CCCC(C(=O)OC)S(=O)(=O)Cc1ccc(C)cc1.[B].[B]. The molecule has 1 atom stereocenters. The Kier molecular flexibility index (Phi) is 36.8. The Morgan fingerprint density at radius 1 is 1.07 bits per heavy atom. The van der Waals surface area contributed by atoms with Gasteiger partial charge in [-0.1, -0.05) is 78.3 Å². The first-order valence-electron chi connectivity index (χ1n) is 9.35. The van der Waals surface area contributed by atoms with Gasteiger partial charge in [0.25, 0.3) is 0 Å². The molecular weight excluding hydrogens is 401 g/mol. The maximum atomic E-state index is 12.3. The van der Waals surface area contributed by atoms with Crippen LogP contribution in [0.5, 0.6) is 0 Å². The normalized spacial score (nSPS) is 9.53. The number of aryl methyl sites for hydroxylation is 1. The summed E-state index contributed by atoms with van der Waals surface area (Å²) in [5.74, 6) is -0.804. The fourth-order valence-electron chi connectivity index (χ4n) is 1.85. The van der Waals surface area contributed by atoms with Crippen LogP contribution in [0.2, 0.25) is 6.82 Å². The number of sulfone groups is 1. The van der Waals surface area contributed by atoms with Gasteiger partial charge in [0.2, 0.25) is 0 Å². The van der Waals surface area contributed by atoms with Gasteiger partial charge in [0.1, 0.15) is 0 Å². The van der Waals surface area contributed by atoms with E-state index in [1.165, 1.54) is 13.9 Å². The molecule has 0 bridgehead atoms. The lowest BCUT2D eigenvalue weighted by Crippen LogP contribution is -2.32. The van der Waals surface area contributed by atoms with Crippen molar-refractivity contribution in [2.24, 2.45) is 0 Å². The lowest BCUT2D eigenvalue weighted by molar-refractivity contribution is -0.140. The molecule has 0 aliphatic rings. The first kappa shape index (κ1) is 42.8. The van der Waals surface area contributed by atoms with Gasteiger partial charge < -0.3 is 14.8 Å². The Labute approximate surface area is 190 Å². The molecule has 0 spiro atoms. The molecule has 0 aromatic heterocycles. The molecule has 0 aliphatic heterocycles. The summed E-state index contributed by atoms with van der Waals surface area (Å²) in [4.78, 5) is 11.6. The third kappa shape index (κ3) is 21.5. The maximum absolute atomic E-state index is 12.3. The monoisotopic (exact) mass is 442 g/mol. The molecule has 0 amide bonds. The van der Waals surface area contributed by atoms with E-state index in [4.69, 9.17) is 10.0 Å². The number of carbonyl (C=O) groups is 1. The summed E-state index contributed by atoms with van der Waals surface area (Å²) in [6.07, 6.45) is 0.910. The molecule has 0 heterocycles. The van der Waals surface area contributed by atoms with Gasteiger partial charge in [0.05, 0.1) is 12.9 Å². The van der Waals surface area contributed by atoms with Crippen LogP contribution in [-0.2, 0) is 25.1 Å². The number of esters is 1. The van der Waals surface area contributed by atoms with Crippen molar-refractivity contribution in [3.8, 4) is 0 Å². The second kappa shape index (κ2) is 25.8. The van der Waals surface area contributed by atoms with E-state index in [1.54, 1.807) is 12.1 Å². The zero-order chi connectivity index (χ0) is 22.0. The highest BCUT2D eigenvalue weighted by atomic mass is 32.2. The number of benzene rings is 1. The Hall–Kier alpha value is -1.25. The van der Waals surface area contributed by atoms with Gasteiger partial charge in [-0.25, -0.2) is 8.42 Å². The van der Waals surface area contributed by atoms with Crippen LogP contribution in [0.3, 0.4) is 0 Å². The molecule has 1 aromatic rings. The molecule has 0 saturated carbocycles. The van der Waals surface area contributed by atoms with E-state index in [0.717, 1.165) is 5.56 Å². The van der Waals surface area contributed by atoms with Crippen molar-refractivity contribution in [2.45, 2.75) is 79.6 Å². The zero-order valence-corrected chi connectivity index (χ0v) is 20.0. The first-order chi connectivity index (χ1) is 12.6. The van der Waals surface area contributed by atoms with Crippen molar-refractivity contribution >= 4 is 39.8 Å². The summed E-state index contributed by atoms with van der Waals surface area (Å²) < 4.78 is 29.1. The molecule has 0 fully saturated rings. The van der Waals surface area contributed by atoms with Crippen molar-refractivity contribution in [3.05, 3.63) is 35.4 Å². The molecule has 2 N–H and O–H groups in total. The van der Waals surface area contributed by atoms with Crippen LogP contribution in [0, 0.1) is 6.92 Å². The summed E-state index contributed by atoms with van der Waals surface area (Å²) in [6.45, 7) is 13.1. The predicted octanol–water partition coefficient (Wildman–Crippen LogP) is 3.27. The van der Waals surface area contributed by atoms with Crippen LogP contribution < -0.4 is 0 Å². The third-order valence-corrected chi connectivity index (χ3v) is 4.97. The molecule has 0 saturated heterocycles. The zero-order valence-electron chi connectivity index (χ0n) is 19.2. The minimum atomic E-state index is -3.54. The Morgan fingerprint density at radius 3 is 1.73 bits per heavy atom. The smallest absolute Gasteiger partial charge is 0.448 e.